The monoisotopic (exact) mass is 251 g/mol. The van der Waals surface area contributed by atoms with Gasteiger partial charge in [0.2, 0.25) is 0 Å². The normalized spacial score (nSPS) is 34.0. The minimum Gasteiger partial charge on any atom is -0.302 e. The van der Waals surface area contributed by atoms with Crippen molar-refractivity contribution in [2.45, 2.75) is 60.8 Å². The van der Waals surface area contributed by atoms with Crippen molar-refractivity contribution >= 4 is 0 Å². The van der Waals surface area contributed by atoms with Gasteiger partial charge in [-0.3, -0.25) is 0 Å². The number of hydrogen-bond acceptors (Lipinski definition) is 1. The number of fused-ring (bicyclic) bond motifs is 1. The summed E-state index contributed by atoms with van der Waals surface area (Å²) in [7, 11) is 0. The van der Waals surface area contributed by atoms with Gasteiger partial charge in [0, 0.05) is 19.6 Å². The lowest BCUT2D eigenvalue weighted by atomic mass is 9.83. The van der Waals surface area contributed by atoms with E-state index in [1.807, 2.05) is 0 Å². The summed E-state index contributed by atoms with van der Waals surface area (Å²) < 4.78 is 0. The summed E-state index contributed by atoms with van der Waals surface area (Å²) in [5.74, 6) is 3.04. The molecule has 2 aliphatic rings. The molecule has 18 heavy (non-hydrogen) atoms. The second kappa shape index (κ2) is 4.81. The standard InChI is InChI=1S/C17H33N/c1-16(2,3)9-13-7-14-10-18(11-15(14)8-13)12-17(4,5)6/h13-15H,7-12H2,1-6H3. The second-order valence-electron chi connectivity index (χ2n) is 9.38. The van der Waals surface area contributed by atoms with Crippen LogP contribution >= 0.6 is 0 Å². The zero-order chi connectivity index (χ0) is 13.6. The van der Waals surface area contributed by atoms with Crippen molar-refractivity contribution < 1.29 is 0 Å². The van der Waals surface area contributed by atoms with Crippen LogP contribution in [-0.2, 0) is 0 Å². The molecule has 1 aliphatic heterocycles. The molecular formula is C17H33N. The highest BCUT2D eigenvalue weighted by molar-refractivity contribution is 4.94. The van der Waals surface area contributed by atoms with E-state index in [-0.39, 0.29) is 0 Å². The number of nitrogens with zero attached hydrogens (tertiary/aromatic N) is 1. The van der Waals surface area contributed by atoms with Crippen molar-refractivity contribution in [2.75, 3.05) is 19.6 Å². The lowest BCUT2D eigenvalue weighted by Gasteiger charge is -2.28. The lowest BCUT2D eigenvalue weighted by Crippen LogP contribution is -2.31. The van der Waals surface area contributed by atoms with Gasteiger partial charge < -0.3 is 4.90 Å². The van der Waals surface area contributed by atoms with Gasteiger partial charge in [0.1, 0.15) is 0 Å². The lowest BCUT2D eigenvalue weighted by molar-refractivity contribution is 0.202. The Labute approximate surface area is 114 Å². The first-order valence-electron chi connectivity index (χ1n) is 7.85. The Kier molecular flexibility index (Phi) is 3.84. The van der Waals surface area contributed by atoms with Crippen LogP contribution in [0.1, 0.15) is 60.8 Å². The molecule has 1 saturated carbocycles. The summed E-state index contributed by atoms with van der Waals surface area (Å²) in [4.78, 5) is 2.72. The molecule has 1 nitrogen and oxygen atoms in total. The molecule has 0 N–H and O–H groups in total. The third-order valence-corrected chi connectivity index (χ3v) is 4.52. The topological polar surface area (TPSA) is 3.24 Å². The Morgan fingerprint density at radius 1 is 0.833 bits per heavy atom. The SMILES string of the molecule is CC(C)(C)CC1CC2CN(CC(C)(C)C)CC2C1. The zero-order valence-electron chi connectivity index (χ0n) is 13.4. The smallest absolute Gasteiger partial charge is 0.00303 e. The highest BCUT2D eigenvalue weighted by Gasteiger charge is 2.42. The first-order valence-corrected chi connectivity index (χ1v) is 7.85. The molecule has 2 atom stereocenters. The third-order valence-electron chi connectivity index (χ3n) is 4.52. The highest BCUT2D eigenvalue weighted by Crippen LogP contribution is 2.45. The average molecular weight is 251 g/mol. The Balaban J connectivity index is 1.81. The van der Waals surface area contributed by atoms with Crippen LogP contribution in [0.15, 0.2) is 0 Å². The molecule has 106 valence electrons. The van der Waals surface area contributed by atoms with E-state index in [4.69, 9.17) is 0 Å². The Morgan fingerprint density at radius 3 is 1.72 bits per heavy atom. The molecule has 0 radical (unpaired) electrons. The van der Waals surface area contributed by atoms with Gasteiger partial charge in [0.25, 0.3) is 0 Å². The van der Waals surface area contributed by atoms with Crippen molar-refractivity contribution in [1.82, 2.24) is 4.90 Å². The summed E-state index contributed by atoms with van der Waals surface area (Å²) in [6, 6.07) is 0. The maximum absolute atomic E-state index is 2.72. The Hall–Kier alpha value is -0.0400. The molecule has 1 heteroatoms. The van der Waals surface area contributed by atoms with Crippen molar-refractivity contribution in [2.24, 2.45) is 28.6 Å². The van der Waals surface area contributed by atoms with Gasteiger partial charge in [-0.2, -0.15) is 0 Å². The van der Waals surface area contributed by atoms with E-state index in [0.29, 0.717) is 10.8 Å². The summed E-state index contributed by atoms with van der Waals surface area (Å²) >= 11 is 0. The van der Waals surface area contributed by atoms with Crippen LogP contribution in [0.5, 0.6) is 0 Å². The van der Waals surface area contributed by atoms with Gasteiger partial charge in [0.05, 0.1) is 0 Å². The van der Waals surface area contributed by atoms with Crippen LogP contribution < -0.4 is 0 Å². The maximum atomic E-state index is 2.72. The minimum atomic E-state index is 0.462. The Bertz CT molecular complexity index is 239. The fraction of sp³-hybridized carbons (Fsp3) is 1.00. The number of rotatable bonds is 2. The first-order chi connectivity index (χ1) is 8.12. The van der Waals surface area contributed by atoms with Crippen LogP contribution in [-0.4, -0.2) is 24.5 Å². The van der Waals surface area contributed by atoms with Crippen molar-refractivity contribution in [1.29, 1.82) is 0 Å². The van der Waals surface area contributed by atoms with Crippen LogP contribution in [0.25, 0.3) is 0 Å². The largest absolute Gasteiger partial charge is 0.302 e. The molecule has 1 saturated heterocycles. The molecule has 2 rings (SSSR count). The summed E-state index contributed by atoms with van der Waals surface area (Å²) in [6.07, 6.45) is 4.43. The molecular weight excluding hydrogens is 218 g/mol. The molecule has 0 spiro atoms. The molecule has 2 fully saturated rings. The van der Waals surface area contributed by atoms with Crippen LogP contribution in [0.2, 0.25) is 0 Å². The third kappa shape index (κ3) is 3.98. The summed E-state index contributed by atoms with van der Waals surface area (Å²) in [5.41, 5.74) is 0.984. The molecule has 1 heterocycles. The highest BCUT2D eigenvalue weighted by atomic mass is 15.2. The summed E-state index contributed by atoms with van der Waals surface area (Å²) in [5, 5.41) is 0. The summed E-state index contributed by atoms with van der Waals surface area (Å²) in [6.45, 7) is 18.3. The number of hydrogen-bond donors (Lipinski definition) is 0. The van der Waals surface area contributed by atoms with E-state index in [1.165, 1.54) is 38.9 Å². The molecule has 0 bridgehead atoms. The van der Waals surface area contributed by atoms with Crippen molar-refractivity contribution in [3.63, 3.8) is 0 Å². The van der Waals surface area contributed by atoms with E-state index in [1.54, 1.807) is 0 Å². The zero-order valence-corrected chi connectivity index (χ0v) is 13.4. The average Bonchev–Trinajstić information content (AvgIpc) is 2.53. The van der Waals surface area contributed by atoms with E-state index in [9.17, 15) is 0 Å². The number of likely N-dealkylation sites (tertiary alicyclic amines) is 1. The van der Waals surface area contributed by atoms with Gasteiger partial charge >= 0.3 is 0 Å². The van der Waals surface area contributed by atoms with Crippen molar-refractivity contribution in [3.8, 4) is 0 Å². The van der Waals surface area contributed by atoms with Crippen LogP contribution in [0.4, 0.5) is 0 Å². The maximum Gasteiger partial charge on any atom is 0.00303 e. The second-order valence-corrected chi connectivity index (χ2v) is 9.38. The van der Waals surface area contributed by atoms with Gasteiger partial charge in [-0.25, -0.2) is 0 Å². The van der Waals surface area contributed by atoms with E-state index in [2.05, 4.69) is 46.4 Å². The van der Waals surface area contributed by atoms with Crippen molar-refractivity contribution in [3.05, 3.63) is 0 Å². The van der Waals surface area contributed by atoms with Crippen LogP contribution in [0.3, 0.4) is 0 Å². The molecule has 0 aromatic heterocycles. The molecule has 0 amide bonds. The Morgan fingerprint density at radius 2 is 1.33 bits per heavy atom. The molecule has 2 unspecified atom stereocenters. The predicted molar refractivity (Wildman–Crippen MR) is 79.7 cm³/mol. The molecule has 0 aromatic rings. The molecule has 1 aliphatic carbocycles. The minimum absolute atomic E-state index is 0.462. The van der Waals surface area contributed by atoms with Gasteiger partial charge in [-0.05, 0) is 47.8 Å². The van der Waals surface area contributed by atoms with E-state index in [0.717, 1.165) is 17.8 Å². The van der Waals surface area contributed by atoms with E-state index >= 15 is 0 Å². The quantitative estimate of drug-likeness (QED) is 0.702. The van der Waals surface area contributed by atoms with Gasteiger partial charge in [-0.1, -0.05) is 41.5 Å². The van der Waals surface area contributed by atoms with E-state index < -0.39 is 0 Å². The predicted octanol–water partition coefficient (Wildman–Crippen LogP) is 4.43. The van der Waals surface area contributed by atoms with Gasteiger partial charge in [-0.15, -0.1) is 0 Å². The van der Waals surface area contributed by atoms with Gasteiger partial charge in [0.15, 0.2) is 0 Å². The fourth-order valence-electron chi connectivity index (χ4n) is 4.36. The van der Waals surface area contributed by atoms with Crippen LogP contribution in [0, 0.1) is 28.6 Å². The fourth-order valence-corrected chi connectivity index (χ4v) is 4.36. The first kappa shape index (κ1) is 14.4. The molecule has 0 aromatic carbocycles.